The predicted molar refractivity (Wildman–Crippen MR) is 97.2 cm³/mol. The SMILES string of the molecule is CC(C)C(=O)Nc1ccc(C(=O)NC(C)c2ccc(C(F)(F)F)cc2)cc1. The van der Waals surface area contributed by atoms with E-state index in [0.29, 0.717) is 16.8 Å². The Morgan fingerprint density at radius 3 is 1.93 bits per heavy atom. The van der Waals surface area contributed by atoms with Crippen LogP contribution in [0.4, 0.5) is 18.9 Å². The van der Waals surface area contributed by atoms with Crippen LogP contribution in [0.2, 0.25) is 0 Å². The van der Waals surface area contributed by atoms with Crippen LogP contribution in [0.5, 0.6) is 0 Å². The summed E-state index contributed by atoms with van der Waals surface area (Å²) in [7, 11) is 0. The number of benzene rings is 2. The first-order valence-electron chi connectivity index (χ1n) is 8.47. The number of amides is 2. The molecule has 2 aromatic rings. The van der Waals surface area contributed by atoms with E-state index in [2.05, 4.69) is 10.6 Å². The Morgan fingerprint density at radius 2 is 1.44 bits per heavy atom. The summed E-state index contributed by atoms with van der Waals surface area (Å²) in [5, 5.41) is 5.47. The van der Waals surface area contributed by atoms with E-state index in [1.165, 1.54) is 12.1 Å². The van der Waals surface area contributed by atoms with E-state index in [1.807, 2.05) is 0 Å². The smallest absolute Gasteiger partial charge is 0.346 e. The lowest BCUT2D eigenvalue weighted by Gasteiger charge is -2.16. The van der Waals surface area contributed by atoms with Gasteiger partial charge in [-0.25, -0.2) is 0 Å². The number of nitrogens with one attached hydrogen (secondary N) is 2. The average Bonchev–Trinajstić information content (AvgIpc) is 2.61. The van der Waals surface area contributed by atoms with Gasteiger partial charge in [0.15, 0.2) is 0 Å². The molecule has 0 radical (unpaired) electrons. The molecule has 7 heteroatoms. The second kappa shape index (κ2) is 8.24. The molecule has 1 atom stereocenters. The summed E-state index contributed by atoms with van der Waals surface area (Å²) in [6.07, 6.45) is -4.39. The molecule has 2 rings (SSSR count). The van der Waals surface area contributed by atoms with Crippen molar-refractivity contribution in [2.45, 2.75) is 33.0 Å². The molecule has 4 nitrogen and oxygen atoms in total. The quantitative estimate of drug-likeness (QED) is 0.786. The highest BCUT2D eigenvalue weighted by atomic mass is 19.4. The zero-order valence-corrected chi connectivity index (χ0v) is 15.2. The molecule has 0 fully saturated rings. The van der Waals surface area contributed by atoms with Crippen LogP contribution in [0.1, 0.15) is 48.3 Å². The minimum absolute atomic E-state index is 0.122. The van der Waals surface area contributed by atoms with Gasteiger partial charge >= 0.3 is 6.18 Å². The number of alkyl halides is 3. The summed E-state index contributed by atoms with van der Waals surface area (Å²) in [6, 6.07) is 10.6. The third-order valence-corrected chi connectivity index (χ3v) is 4.02. The fraction of sp³-hybridized carbons (Fsp3) is 0.300. The monoisotopic (exact) mass is 378 g/mol. The standard InChI is InChI=1S/C20H21F3N2O2/c1-12(2)18(26)25-17-10-6-15(7-11-17)19(27)24-13(3)14-4-8-16(9-5-14)20(21,22)23/h4-13H,1-3H3,(H,24,27)(H,25,26). The van der Waals surface area contributed by atoms with Crippen LogP contribution in [-0.2, 0) is 11.0 Å². The zero-order chi connectivity index (χ0) is 20.2. The first kappa shape index (κ1) is 20.5. The topological polar surface area (TPSA) is 58.2 Å². The highest BCUT2D eigenvalue weighted by Gasteiger charge is 2.30. The molecule has 0 bridgehead atoms. The maximum atomic E-state index is 12.6. The van der Waals surface area contributed by atoms with E-state index in [0.717, 1.165) is 12.1 Å². The molecule has 2 N–H and O–H groups in total. The number of anilines is 1. The summed E-state index contributed by atoms with van der Waals surface area (Å²) in [5.74, 6) is -0.634. The van der Waals surface area contributed by atoms with E-state index in [1.54, 1.807) is 45.0 Å². The van der Waals surface area contributed by atoms with Gasteiger partial charge in [0.1, 0.15) is 0 Å². The van der Waals surface area contributed by atoms with E-state index >= 15 is 0 Å². The maximum absolute atomic E-state index is 12.6. The molecule has 2 aromatic carbocycles. The Bertz CT molecular complexity index is 797. The van der Waals surface area contributed by atoms with Gasteiger partial charge in [0.05, 0.1) is 11.6 Å². The highest BCUT2D eigenvalue weighted by molar-refractivity contribution is 5.96. The van der Waals surface area contributed by atoms with E-state index in [-0.39, 0.29) is 17.7 Å². The first-order chi connectivity index (χ1) is 12.6. The van der Waals surface area contributed by atoms with Gasteiger partial charge in [0.25, 0.3) is 5.91 Å². The van der Waals surface area contributed by atoms with Gasteiger partial charge in [-0.05, 0) is 48.9 Å². The number of hydrogen-bond donors (Lipinski definition) is 2. The summed E-state index contributed by atoms with van der Waals surface area (Å²) in [4.78, 5) is 24.0. The Balaban J connectivity index is 2.00. The number of rotatable bonds is 5. The van der Waals surface area contributed by atoms with Crippen molar-refractivity contribution in [3.8, 4) is 0 Å². The summed E-state index contributed by atoms with van der Waals surface area (Å²) >= 11 is 0. The number of hydrogen-bond acceptors (Lipinski definition) is 2. The van der Waals surface area contributed by atoms with Crippen molar-refractivity contribution >= 4 is 17.5 Å². The van der Waals surface area contributed by atoms with Crippen LogP contribution < -0.4 is 10.6 Å². The normalized spacial score (nSPS) is 12.6. The minimum Gasteiger partial charge on any atom is -0.346 e. The lowest BCUT2D eigenvalue weighted by atomic mass is 10.1. The molecule has 0 aliphatic rings. The molecule has 0 spiro atoms. The van der Waals surface area contributed by atoms with Crippen molar-refractivity contribution in [3.63, 3.8) is 0 Å². The van der Waals surface area contributed by atoms with Crippen LogP contribution in [0, 0.1) is 5.92 Å². The molecule has 1 unspecified atom stereocenters. The number of carbonyl (C=O) groups excluding carboxylic acids is 2. The maximum Gasteiger partial charge on any atom is 0.416 e. The average molecular weight is 378 g/mol. The first-order valence-corrected chi connectivity index (χ1v) is 8.47. The molecule has 27 heavy (non-hydrogen) atoms. The highest BCUT2D eigenvalue weighted by Crippen LogP contribution is 2.29. The van der Waals surface area contributed by atoms with Crippen molar-refractivity contribution in [2.24, 2.45) is 5.92 Å². The summed E-state index contributed by atoms with van der Waals surface area (Å²) in [6.45, 7) is 5.25. The Kier molecular flexibility index (Phi) is 6.25. The van der Waals surface area contributed by atoms with E-state index < -0.39 is 17.8 Å². The molecule has 0 aliphatic carbocycles. The Hall–Kier alpha value is -2.83. The number of carbonyl (C=O) groups is 2. The third kappa shape index (κ3) is 5.57. The molecule has 2 amide bonds. The molecule has 0 saturated heterocycles. The second-order valence-electron chi connectivity index (χ2n) is 6.54. The molecule has 0 heterocycles. The van der Waals surface area contributed by atoms with E-state index in [9.17, 15) is 22.8 Å². The molecular weight excluding hydrogens is 357 g/mol. The lowest BCUT2D eigenvalue weighted by molar-refractivity contribution is -0.137. The van der Waals surface area contributed by atoms with Crippen LogP contribution in [0.25, 0.3) is 0 Å². The Morgan fingerprint density at radius 1 is 0.889 bits per heavy atom. The molecule has 0 saturated carbocycles. The van der Waals surface area contributed by atoms with Gasteiger partial charge in [-0.15, -0.1) is 0 Å². The van der Waals surface area contributed by atoms with Crippen LogP contribution in [0.3, 0.4) is 0 Å². The van der Waals surface area contributed by atoms with Gasteiger partial charge in [-0.1, -0.05) is 26.0 Å². The minimum atomic E-state index is -4.39. The van der Waals surface area contributed by atoms with Gasteiger partial charge in [-0.3, -0.25) is 9.59 Å². The van der Waals surface area contributed by atoms with Gasteiger partial charge in [0.2, 0.25) is 5.91 Å². The van der Waals surface area contributed by atoms with E-state index in [4.69, 9.17) is 0 Å². The van der Waals surface area contributed by atoms with Crippen LogP contribution in [-0.4, -0.2) is 11.8 Å². The molecule has 0 aromatic heterocycles. The fourth-order valence-electron chi connectivity index (χ4n) is 2.32. The largest absolute Gasteiger partial charge is 0.416 e. The summed E-state index contributed by atoms with van der Waals surface area (Å²) < 4.78 is 37.8. The summed E-state index contributed by atoms with van der Waals surface area (Å²) in [5.41, 5.74) is 0.804. The Labute approximate surface area is 155 Å². The van der Waals surface area contributed by atoms with Crippen molar-refractivity contribution < 1.29 is 22.8 Å². The van der Waals surface area contributed by atoms with Crippen molar-refractivity contribution in [1.82, 2.24) is 5.32 Å². The van der Waals surface area contributed by atoms with Crippen LogP contribution in [0.15, 0.2) is 48.5 Å². The fourth-order valence-corrected chi connectivity index (χ4v) is 2.32. The zero-order valence-electron chi connectivity index (χ0n) is 15.2. The molecular formula is C20H21F3N2O2. The van der Waals surface area contributed by atoms with Crippen molar-refractivity contribution in [1.29, 1.82) is 0 Å². The predicted octanol–water partition coefficient (Wildman–Crippen LogP) is 4.79. The van der Waals surface area contributed by atoms with Gasteiger partial charge in [0, 0.05) is 17.2 Å². The van der Waals surface area contributed by atoms with Crippen molar-refractivity contribution in [3.05, 3.63) is 65.2 Å². The third-order valence-electron chi connectivity index (χ3n) is 4.02. The van der Waals surface area contributed by atoms with Gasteiger partial charge < -0.3 is 10.6 Å². The van der Waals surface area contributed by atoms with Gasteiger partial charge in [-0.2, -0.15) is 13.2 Å². The van der Waals surface area contributed by atoms with Crippen LogP contribution >= 0.6 is 0 Å². The molecule has 0 aliphatic heterocycles. The molecule has 144 valence electrons. The second-order valence-corrected chi connectivity index (χ2v) is 6.54. The lowest BCUT2D eigenvalue weighted by Crippen LogP contribution is -2.26. The van der Waals surface area contributed by atoms with Crippen molar-refractivity contribution in [2.75, 3.05) is 5.32 Å². The number of halogens is 3.